The van der Waals surface area contributed by atoms with Gasteiger partial charge in [0.2, 0.25) is 0 Å². The van der Waals surface area contributed by atoms with E-state index >= 15 is 0 Å². The average molecular weight is 323 g/mol. The van der Waals surface area contributed by atoms with Crippen molar-refractivity contribution in [2.45, 2.75) is 18.8 Å². The molecule has 2 aliphatic heterocycles. The van der Waals surface area contributed by atoms with Crippen LogP contribution in [0.3, 0.4) is 0 Å². The van der Waals surface area contributed by atoms with Gasteiger partial charge in [0.25, 0.3) is 0 Å². The van der Waals surface area contributed by atoms with Crippen LogP contribution >= 0.6 is 0 Å². The molecule has 0 spiro atoms. The Balaban J connectivity index is 1.52. The van der Waals surface area contributed by atoms with Crippen LogP contribution in [0.4, 0.5) is 10.1 Å². The lowest BCUT2D eigenvalue weighted by molar-refractivity contribution is -0.0518. The maximum Gasteiger partial charge on any atom is 0.123 e. The Morgan fingerprint density at radius 1 is 1.21 bits per heavy atom. The minimum absolute atomic E-state index is 0.105. The second-order valence-electron chi connectivity index (χ2n) is 6.99. The number of halogens is 1. The molecule has 3 aliphatic rings. The molecule has 1 aromatic heterocycles. The third-order valence-corrected chi connectivity index (χ3v) is 5.11. The van der Waals surface area contributed by atoms with E-state index in [4.69, 9.17) is 4.74 Å². The van der Waals surface area contributed by atoms with Gasteiger partial charge < -0.3 is 15.1 Å². The number of hydrazine groups is 1. The standard InChI is InChI=1S/C19H18FN3O/c1-19(10-24-11-19)18-8-12-7-17-13(6-16(12)22-18)9-21-23(17)15-4-2-14(20)3-5-15/h2-5,7-9,21-22H,6,10-11H2,1H3. The van der Waals surface area contributed by atoms with Crippen molar-refractivity contribution < 1.29 is 9.13 Å². The molecule has 1 saturated heterocycles. The first kappa shape index (κ1) is 13.9. The molecule has 5 heteroatoms. The number of hydrogen-bond donors (Lipinski definition) is 2. The molecule has 1 aliphatic carbocycles. The Kier molecular flexibility index (Phi) is 2.74. The van der Waals surface area contributed by atoms with E-state index in [1.54, 1.807) is 12.1 Å². The molecule has 1 aromatic carbocycles. The first-order chi connectivity index (χ1) is 11.6. The summed E-state index contributed by atoms with van der Waals surface area (Å²) in [6.07, 6.45) is 5.08. The molecule has 1 fully saturated rings. The quantitative estimate of drug-likeness (QED) is 0.891. The predicted octanol–water partition coefficient (Wildman–Crippen LogP) is 3.25. The van der Waals surface area contributed by atoms with Gasteiger partial charge in [0.15, 0.2) is 0 Å². The molecule has 4 nitrogen and oxygen atoms in total. The van der Waals surface area contributed by atoms with Crippen molar-refractivity contribution in [3.05, 3.63) is 70.6 Å². The van der Waals surface area contributed by atoms with E-state index in [2.05, 4.69) is 29.5 Å². The zero-order chi connectivity index (χ0) is 16.3. The summed E-state index contributed by atoms with van der Waals surface area (Å²) in [5, 5.41) is 2.00. The van der Waals surface area contributed by atoms with Crippen molar-refractivity contribution in [2.24, 2.45) is 0 Å². The second kappa shape index (κ2) is 4.74. The van der Waals surface area contributed by atoms with Crippen LogP contribution in [0.15, 0.2) is 47.8 Å². The molecule has 0 unspecified atom stereocenters. The highest BCUT2D eigenvalue weighted by Gasteiger charge is 2.38. The normalized spacial score (nSPS) is 20.5. The van der Waals surface area contributed by atoms with Crippen LogP contribution in [0.5, 0.6) is 0 Å². The van der Waals surface area contributed by atoms with Crippen LogP contribution in [0, 0.1) is 5.82 Å². The molecule has 0 amide bonds. The van der Waals surface area contributed by atoms with Gasteiger partial charge in [0, 0.05) is 29.6 Å². The lowest BCUT2D eigenvalue weighted by atomic mass is 9.85. The first-order valence-electron chi connectivity index (χ1n) is 8.15. The van der Waals surface area contributed by atoms with Crippen LogP contribution in [0.2, 0.25) is 0 Å². The van der Waals surface area contributed by atoms with Crippen LogP contribution < -0.4 is 10.4 Å². The Labute approximate surface area is 139 Å². The van der Waals surface area contributed by atoms with E-state index in [0.717, 1.165) is 31.0 Å². The van der Waals surface area contributed by atoms with Crippen molar-refractivity contribution in [3.63, 3.8) is 0 Å². The van der Waals surface area contributed by atoms with Crippen LogP contribution in [-0.4, -0.2) is 18.2 Å². The summed E-state index contributed by atoms with van der Waals surface area (Å²) in [7, 11) is 0. The molecule has 0 saturated carbocycles. The molecule has 2 aromatic rings. The molecule has 5 rings (SSSR count). The SMILES string of the molecule is CC1(c2cc3c([nH]2)CC2=CNN(c4ccc(F)cc4)C2=C3)COC1. The third kappa shape index (κ3) is 1.94. The predicted molar refractivity (Wildman–Crippen MR) is 90.7 cm³/mol. The smallest absolute Gasteiger partial charge is 0.123 e. The zero-order valence-electron chi connectivity index (χ0n) is 13.4. The molecule has 122 valence electrons. The summed E-state index contributed by atoms with van der Waals surface area (Å²) < 4.78 is 18.6. The fraction of sp³-hybridized carbons (Fsp3) is 0.263. The number of fused-ring (bicyclic) bond motifs is 2. The number of aromatic nitrogens is 1. The summed E-state index contributed by atoms with van der Waals surface area (Å²) in [6, 6.07) is 8.77. The van der Waals surface area contributed by atoms with Gasteiger partial charge in [-0.05, 0) is 48.9 Å². The van der Waals surface area contributed by atoms with Crippen molar-refractivity contribution in [1.82, 2.24) is 10.4 Å². The summed E-state index contributed by atoms with van der Waals surface area (Å²) in [6.45, 7) is 3.78. The van der Waals surface area contributed by atoms with Gasteiger partial charge in [-0.15, -0.1) is 0 Å². The molecular weight excluding hydrogens is 305 g/mol. The van der Waals surface area contributed by atoms with E-state index in [-0.39, 0.29) is 11.2 Å². The largest absolute Gasteiger partial charge is 0.379 e. The Bertz CT molecular complexity index is 875. The van der Waals surface area contributed by atoms with Crippen molar-refractivity contribution >= 4 is 11.8 Å². The Morgan fingerprint density at radius 3 is 2.71 bits per heavy atom. The molecule has 0 radical (unpaired) electrons. The van der Waals surface area contributed by atoms with Crippen molar-refractivity contribution in [3.8, 4) is 0 Å². The number of aromatic amines is 1. The molecular formula is C19H18FN3O. The van der Waals surface area contributed by atoms with Crippen LogP contribution in [0.25, 0.3) is 6.08 Å². The van der Waals surface area contributed by atoms with E-state index in [1.165, 1.54) is 34.7 Å². The monoisotopic (exact) mass is 323 g/mol. The van der Waals surface area contributed by atoms with Gasteiger partial charge >= 0.3 is 0 Å². The number of rotatable bonds is 2. The fourth-order valence-electron chi connectivity index (χ4n) is 3.55. The number of ether oxygens (including phenoxy) is 1. The number of allylic oxidation sites excluding steroid dienone is 1. The fourth-order valence-corrected chi connectivity index (χ4v) is 3.55. The van der Waals surface area contributed by atoms with E-state index in [0.29, 0.717) is 0 Å². The van der Waals surface area contributed by atoms with Gasteiger partial charge in [-0.25, -0.2) is 4.39 Å². The molecule has 2 N–H and O–H groups in total. The third-order valence-electron chi connectivity index (χ3n) is 5.11. The number of anilines is 1. The molecule has 0 bridgehead atoms. The number of nitrogens with one attached hydrogen (secondary N) is 2. The molecule has 0 atom stereocenters. The maximum atomic E-state index is 13.2. The second-order valence-corrected chi connectivity index (χ2v) is 6.99. The minimum Gasteiger partial charge on any atom is -0.379 e. The van der Waals surface area contributed by atoms with Crippen LogP contribution in [0.1, 0.15) is 23.9 Å². The van der Waals surface area contributed by atoms with Gasteiger partial charge in [-0.1, -0.05) is 0 Å². The molecule has 24 heavy (non-hydrogen) atoms. The van der Waals surface area contributed by atoms with Crippen molar-refractivity contribution in [1.29, 1.82) is 0 Å². The summed E-state index contributed by atoms with van der Waals surface area (Å²) >= 11 is 0. The van der Waals surface area contributed by atoms with Gasteiger partial charge in [0.1, 0.15) is 5.82 Å². The first-order valence-corrected chi connectivity index (χ1v) is 8.15. The zero-order valence-corrected chi connectivity index (χ0v) is 13.4. The Morgan fingerprint density at radius 2 is 2.00 bits per heavy atom. The van der Waals surface area contributed by atoms with E-state index < -0.39 is 0 Å². The highest BCUT2D eigenvalue weighted by molar-refractivity contribution is 5.74. The molecule has 3 heterocycles. The number of hydrogen-bond acceptors (Lipinski definition) is 3. The summed E-state index contributed by atoms with van der Waals surface area (Å²) in [5.74, 6) is -0.225. The highest BCUT2D eigenvalue weighted by Crippen LogP contribution is 2.38. The van der Waals surface area contributed by atoms with E-state index in [9.17, 15) is 4.39 Å². The van der Waals surface area contributed by atoms with Crippen LogP contribution in [-0.2, 0) is 16.6 Å². The lowest BCUT2D eigenvalue weighted by Gasteiger charge is -2.37. The number of benzene rings is 1. The average Bonchev–Trinajstić information content (AvgIpc) is 3.14. The Hall–Kier alpha value is -2.53. The van der Waals surface area contributed by atoms with Gasteiger partial charge in [-0.2, -0.15) is 0 Å². The topological polar surface area (TPSA) is 40.3 Å². The summed E-state index contributed by atoms with van der Waals surface area (Å²) in [4.78, 5) is 3.59. The van der Waals surface area contributed by atoms with Crippen molar-refractivity contribution in [2.75, 3.05) is 18.2 Å². The van der Waals surface area contributed by atoms with E-state index in [1.807, 2.05) is 11.2 Å². The minimum atomic E-state index is -0.225. The van der Waals surface area contributed by atoms with Gasteiger partial charge in [0.05, 0.1) is 30.0 Å². The number of H-pyrrole nitrogens is 1. The highest BCUT2D eigenvalue weighted by atomic mass is 19.1. The lowest BCUT2D eigenvalue weighted by Crippen LogP contribution is -2.44. The van der Waals surface area contributed by atoms with Gasteiger partial charge in [-0.3, -0.25) is 5.01 Å². The summed E-state index contributed by atoms with van der Waals surface area (Å²) in [5.41, 5.74) is 10.4. The number of nitrogens with zero attached hydrogens (tertiary/aromatic N) is 1. The maximum absolute atomic E-state index is 13.2.